The van der Waals surface area contributed by atoms with Gasteiger partial charge in [0.2, 0.25) is 11.8 Å². The average molecular weight is 351 g/mol. The van der Waals surface area contributed by atoms with Gasteiger partial charge in [0, 0.05) is 42.1 Å². The minimum Gasteiger partial charge on any atom is -0.492 e. The lowest BCUT2D eigenvalue weighted by atomic mass is 9.85. The number of hydrogen-bond acceptors (Lipinski definition) is 6. The molecule has 5 rings (SSSR count). The van der Waals surface area contributed by atoms with E-state index in [0.717, 1.165) is 11.1 Å². The van der Waals surface area contributed by atoms with Gasteiger partial charge in [-0.1, -0.05) is 0 Å². The van der Waals surface area contributed by atoms with E-state index in [0.29, 0.717) is 29.3 Å². The Morgan fingerprint density at radius 1 is 1.31 bits per heavy atom. The summed E-state index contributed by atoms with van der Waals surface area (Å²) in [7, 11) is 0. The first-order valence-electron chi connectivity index (χ1n) is 9.10. The second-order valence-electron chi connectivity index (χ2n) is 7.40. The molecule has 7 heteroatoms. The van der Waals surface area contributed by atoms with Crippen molar-refractivity contribution in [1.29, 1.82) is 0 Å². The van der Waals surface area contributed by atoms with Crippen LogP contribution in [0.5, 0.6) is 5.88 Å². The molecule has 26 heavy (non-hydrogen) atoms. The maximum absolute atomic E-state index is 10.2. The Balaban J connectivity index is 1.39. The maximum atomic E-state index is 10.2. The summed E-state index contributed by atoms with van der Waals surface area (Å²) in [6.07, 6.45) is 8.86. The van der Waals surface area contributed by atoms with Gasteiger partial charge in [0.05, 0.1) is 0 Å². The number of pyridine rings is 1. The van der Waals surface area contributed by atoms with Crippen LogP contribution in [0.25, 0.3) is 11.6 Å². The number of aliphatic hydroxyl groups is 1. The van der Waals surface area contributed by atoms with Crippen molar-refractivity contribution in [1.82, 2.24) is 15.0 Å². The minimum absolute atomic E-state index is 0.0468. The first-order valence-corrected chi connectivity index (χ1v) is 9.10. The summed E-state index contributed by atoms with van der Waals surface area (Å²) in [5, 5.41) is 23.4. The lowest BCUT2D eigenvalue weighted by Crippen LogP contribution is -2.37. The molecule has 3 aliphatic rings. The van der Waals surface area contributed by atoms with E-state index in [1.807, 2.05) is 18.2 Å². The molecule has 4 N–H and O–H groups in total. The molecule has 7 nitrogen and oxygen atoms in total. The van der Waals surface area contributed by atoms with Gasteiger partial charge in [-0.3, -0.25) is 0 Å². The van der Waals surface area contributed by atoms with E-state index in [9.17, 15) is 10.2 Å². The van der Waals surface area contributed by atoms with Crippen LogP contribution in [0.1, 0.15) is 30.5 Å². The zero-order chi connectivity index (χ0) is 17.7. The fraction of sp³-hybridized carbons (Fsp3) is 0.421. The Labute approximate surface area is 150 Å². The summed E-state index contributed by atoms with van der Waals surface area (Å²) in [6.45, 7) is 0.197. The van der Waals surface area contributed by atoms with Crippen LogP contribution in [0, 0.1) is 17.8 Å². The van der Waals surface area contributed by atoms with Gasteiger partial charge < -0.3 is 20.5 Å². The van der Waals surface area contributed by atoms with Gasteiger partial charge in [-0.2, -0.15) is 4.98 Å². The number of nitrogens with zero attached hydrogens (tertiary/aromatic N) is 3. The predicted molar refractivity (Wildman–Crippen MR) is 99.3 cm³/mol. The molecule has 0 unspecified atom stereocenters. The summed E-state index contributed by atoms with van der Waals surface area (Å²) < 4.78 is 0. The van der Waals surface area contributed by atoms with E-state index in [2.05, 4.69) is 25.3 Å². The number of aromatic hydroxyl groups is 1. The third kappa shape index (κ3) is 2.42. The largest absolute Gasteiger partial charge is 0.492 e. The minimum atomic E-state index is -0.0468. The molecule has 2 aliphatic carbocycles. The molecule has 2 fully saturated rings. The molecule has 0 spiro atoms. The molecular formula is C19H21N5O2. The highest BCUT2D eigenvalue weighted by Crippen LogP contribution is 2.49. The molecule has 2 aromatic heterocycles. The third-order valence-corrected chi connectivity index (χ3v) is 6.04. The molecule has 0 amide bonds. The number of imidazole rings is 1. The molecule has 0 radical (unpaired) electrons. The van der Waals surface area contributed by atoms with E-state index < -0.39 is 0 Å². The van der Waals surface area contributed by atoms with Crippen molar-refractivity contribution in [2.75, 3.05) is 11.9 Å². The van der Waals surface area contributed by atoms with E-state index in [-0.39, 0.29) is 24.4 Å². The number of nitrogens with one attached hydrogen (secondary N) is 2. The maximum Gasteiger partial charge on any atom is 0.238 e. The van der Waals surface area contributed by atoms with Crippen LogP contribution >= 0.6 is 0 Å². The number of aromatic amines is 1. The standard InChI is InChI=1S/C19H21N5O2/c25-9-14-10-3-4-11(6-10)16(14)23-19-22-15(18(26)24-19)7-12-8-21-17-13(12)2-1-5-20-17/h1-2,5,7-8,10-11,14,16,25-26H,3-4,6,9H2,(H2,22,23,24)/t10-,11+,14+,16-/m0/s1. The Bertz CT molecular complexity index is 903. The van der Waals surface area contributed by atoms with Crippen molar-refractivity contribution in [2.24, 2.45) is 22.7 Å². The van der Waals surface area contributed by atoms with Gasteiger partial charge in [0.15, 0.2) is 5.82 Å². The number of aliphatic imine (C=N–C) groups is 1. The molecule has 4 atom stereocenters. The summed E-state index contributed by atoms with van der Waals surface area (Å²) in [6, 6.07) is 4.03. The number of anilines is 1. The molecular weight excluding hydrogens is 330 g/mol. The van der Waals surface area contributed by atoms with Crippen LogP contribution < -0.4 is 5.32 Å². The summed E-state index contributed by atoms with van der Waals surface area (Å²) in [4.78, 5) is 15.9. The van der Waals surface area contributed by atoms with Gasteiger partial charge in [-0.15, -0.1) is 0 Å². The quantitative estimate of drug-likeness (QED) is 0.677. The van der Waals surface area contributed by atoms with Gasteiger partial charge in [-0.25, -0.2) is 9.98 Å². The zero-order valence-corrected chi connectivity index (χ0v) is 14.3. The highest BCUT2D eigenvalue weighted by atomic mass is 16.3. The van der Waals surface area contributed by atoms with Gasteiger partial charge in [0.1, 0.15) is 5.69 Å². The third-order valence-electron chi connectivity index (χ3n) is 6.04. The normalized spacial score (nSPS) is 30.3. The fourth-order valence-electron chi connectivity index (χ4n) is 4.80. The number of aromatic nitrogens is 3. The molecule has 0 saturated heterocycles. The van der Waals surface area contributed by atoms with Crippen molar-refractivity contribution in [2.45, 2.75) is 25.3 Å². The monoisotopic (exact) mass is 351 g/mol. The van der Waals surface area contributed by atoms with Crippen LogP contribution in [0.2, 0.25) is 0 Å². The molecule has 134 valence electrons. The molecule has 2 aromatic rings. The Morgan fingerprint density at radius 3 is 3.08 bits per heavy atom. The summed E-state index contributed by atoms with van der Waals surface area (Å²) in [5.41, 5.74) is 2.35. The fourth-order valence-corrected chi connectivity index (χ4v) is 4.80. The van der Waals surface area contributed by atoms with Crippen LogP contribution in [0.15, 0.2) is 23.3 Å². The van der Waals surface area contributed by atoms with E-state index in [4.69, 9.17) is 0 Å². The summed E-state index contributed by atoms with van der Waals surface area (Å²) >= 11 is 0. The van der Waals surface area contributed by atoms with E-state index >= 15 is 0 Å². The molecule has 1 aliphatic heterocycles. The van der Waals surface area contributed by atoms with Crippen LogP contribution in [-0.4, -0.2) is 44.0 Å². The number of allylic oxidation sites excluding steroid dienone is 1. The molecule has 0 aromatic carbocycles. The van der Waals surface area contributed by atoms with Crippen LogP contribution in [0.4, 0.5) is 11.8 Å². The number of H-pyrrole nitrogens is 1. The topological polar surface area (TPSA) is 106 Å². The van der Waals surface area contributed by atoms with Crippen molar-refractivity contribution in [3.63, 3.8) is 0 Å². The van der Waals surface area contributed by atoms with Crippen molar-refractivity contribution >= 4 is 29.6 Å². The number of aliphatic hydroxyl groups excluding tert-OH is 1. The number of fused-ring (bicyclic) bond motifs is 3. The van der Waals surface area contributed by atoms with Crippen LogP contribution in [-0.2, 0) is 0 Å². The molecule has 2 saturated carbocycles. The van der Waals surface area contributed by atoms with Crippen molar-refractivity contribution in [3.05, 3.63) is 29.6 Å². The van der Waals surface area contributed by atoms with Crippen LogP contribution in [0.3, 0.4) is 0 Å². The summed E-state index contributed by atoms with van der Waals surface area (Å²) in [5.74, 6) is 2.63. The first-order chi connectivity index (χ1) is 12.7. The van der Waals surface area contributed by atoms with E-state index in [1.165, 1.54) is 19.3 Å². The number of hydrogen-bond donors (Lipinski definition) is 4. The van der Waals surface area contributed by atoms with Gasteiger partial charge >= 0.3 is 0 Å². The Morgan fingerprint density at radius 2 is 2.19 bits per heavy atom. The second-order valence-corrected chi connectivity index (χ2v) is 7.40. The molecule has 2 bridgehead atoms. The molecule has 3 heterocycles. The van der Waals surface area contributed by atoms with Gasteiger partial charge in [-0.05, 0) is 49.3 Å². The number of rotatable bonds is 4. The van der Waals surface area contributed by atoms with Crippen molar-refractivity contribution in [3.8, 4) is 5.88 Å². The lowest BCUT2D eigenvalue weighted by molar-refractivity contribution is 0.166. The zero-order valence-electron chi connectivity index (χ0n) is 14.3. The first kappa shape index (κ1) is 15.6. The Hall–Kier alpha value is -2.67. The Kier molecular flexibility index (Phi) is 3.56. The second kappa shape index (κ2) is 5.95. The SMILES string of the molecule is OC[C@@H]1[C@H]2CC[C@H](C2)[C@@H]1Nc1nc(O)c(C=C2C=Nc3ncccc32)[nH]1. The van der Waals surface area contributed by atoms with Crippen molar-refractivity contribution < 1.29 is 10.2 Å². The van der Waals surface area contributed by atoms with Gasteiger partial charge in [0.25, 0.3) is 0 Å². The smallest absolute Gasteiger partial charge is 0.238 e. The highest BCUT2D eigenvalue weighted by molar-refractivity contribution is 6.20. The van der Waals surface area contributed by atoms with E-state index in [1.54, 1.807) is 12.4 Å². The lowest BCUT2D eigenvalue weighted by Gasteiger charge is -2.30. The average Bonchev–Trinajstić information content (AvgIpc) is 3.41. The predicted octanol–water partition coefficient (Wildman–Crippen LogP) is 2.59. The highest BCUT2D eigenvalue weighted by Gasteiger charge is 2.47.